The predicted octanol–water partition coefficient (Wildman–Crippen LogP) is 5.70. The molecule has 182 valence electrons. The molecular weight excluding hydrogens is 469 g/mol. The third kappa shape index (κ3) is 4.05. The van der Waals surface area contributed by atoms with Gasteiger partial charge in [-0.2, -0.15) is 0 Å². The zero-order chi connectivity index (χ0) is 25.1. The van der Waals surface area contributed by atoms with Crippen molar-refractivity contribution in [1.29, 1.82) is 0 Å². The molecule has 0 radical (unpaired) electrons. The minimum absolute atomic E-state index is 0.0516. The summed E-state index contributed by atoms with van der Waals surface area (Å²) >= 11 is 1.83. The maximum Gasteiger partial charge on any atom is 0.494 e. The molecule has 0 bridgehead atoms. The lowest BCUT2D eigenvalue weighted by Gasteiger charge is -2.32. The second kappa shape index (κ2) is 8.54. The van der Waals surface area contributed by atoms with Crippen LogP contribution in [0, 0.1) is 0 Å². The molecule has 1 saturated heterocycles. The van der Waals surface area contributed by atoms with Crippen molar-refractivity contribution in [3.63, 3.8) is 0 Å². The number of anilines is 1. The quantitative estimate of drug-likeness (QED) is 0.471. The summed E-state index contributed by atoms with van der Waals surface area (Å²) in [4.78, 5) is 13.1. The van der Waals surface area contributed by atoms with Crippen molar-refractivity contribution in [3.05, 3.63) is 83.4 Å². The molecular formula is C29H28BNO4S. The highest BCUT2D eigenvalue weighted by Gasteiger charge is 2.51. The molecule has 3 aromatic carbocycles. The smallest absolute Gasteiger partial charge is 0.482 e. The van der Waals surface area contributed by atoms with Gasteiger partial charge in [-0.25, -0.2) is 0 Å². The molecule has 0 aromatic heterocycles. The van der Waals surface area contributed by atoms with Gasteiger partial charge in [0.05, 0.1) is 22.1 Å². The third-order valence-electron chi connectivity index (χ3n) is 7.45. The van der Waals surface area contributed by atoms with Gasteiger partial charge in [0.25, 0.3) is 5.91 Å². The Hall–Kier alpha value is -3.00. The van der Waals surface area contributed by atoms with E-state index in [-0.39, 0.29) is 29.0 Å². The van der Waals surface area contributed by atoms with Crippen LogP contribution in [0.1, 0.15) is 49.6 Å². The fraction of sp³-hybridized carbons (Fsp3) is 0.276. The molecule has 1 N–H and O–H groups in total. The van der Waals surface area contributed by atoms with Crippen molar-refractivity contribution < 1.29 is 18.8 Å². The summed E-state index contributed by atoms with van der Waals surface area (Å²) in [7, 11) is -0.397. The van der Waals surface area contributed by atoms with Crippen molar-refractivity contribution in [2.45, 2.75) is 49.0 Å². The van der Waals surface area contributed by atoms with Crippen LogP contribution in [-0.2, 0) is 14.1 Å². The van der Waals surface area contributed by atoms with Crippen LogP contribution in [0.5, 0.6) is 5.75 Å². The number of fused-ring (bicyclic) bond motifs is 2. The largest absolute Gasteiger partial charge is 0.494 e. The van der Waals surface area contributed by atoms with Crippen LogP contribution in [0.2, 0.25) is 0 Å². The summed E-state index contributed by atoms with van der Waals surface area (Å²) in [6.45, 7) is 8.36. The molecule has 3 heterocycles. The van der Waals surface area contributed by atoms with E-state index in [1.165, 1.54) is 16.0 Å². The van der Waals surface area contributed by atoms with Crippen molar-refractivity contribution in [2.24, 2.45) is 0 Å². The summed E-state index contributed by atoms with van der Waals surface area (Å²) < 4.78 is 18.2. The molecule has 5 nitrogen and oxygen atoms in total. The van der Waals surface area contributed by atoms with Gasteiger partial charge < -0.3 is 19.4 Å². The lowest BCUT2D eigenvalue weighted by atomic mass is 9.78. The van der Waals surface area contributed by atoms with Gasteiger partial charge in [0.1, 0.15) is 5.75 Å². The second-order valence-corrected chi connectivity index (χ2v) is 11.6. The van der Waals surface area contributed by atoms with E-state index in [2.05, 4.69) is 87.6 Å². The summed E-state index contributed by atoms with van der Waals surface area (Å²) in [5.41, 5.74) is 5.59. The van der Waals surface area contributed by atoms with E-state index in [0.29, 0.717) is 11.4 Å². The fourth-order valence-corrected chi connectivity index (χ4v) is 6.05. The molecule has 0 aliphatic carbocycles. The highest BCUT2D eigenvalue weighted by atomic mass is 32.2. The van der Waals surface area contributed by atoms with Gasteiger partial charge in [-0.1, -0.05) is 48.5 Å². The number of thioether (sulfide) groups is 1. The van der Waals surface area contributed by atoms with Gasteiger partial charge in [-0.3, -0.25) is 4.79 Å². The summed E-state index contributed by atoms with van der Waals surface area (Å²) in [5, 5.41) is 3.03. The maximum atomic E-state index is 11.9. The van der Waals surface area contributed by atoms with Crippen molar-refractivity contribution >= 4 is 47.6 Å². The Balaban J connectivity index is 1.41. The highest BCUT2D eigenvalue weighted by Crippen LogP contribution is 2.51. The first kappa shape index (κ1) is 23.4. The van der Waals surface area contributed by atoms with E-state index in [9.17, 15) is 4.79 Å². The summed E-state index contributed by atoms with van der Waals surface area (Å²) in [5.74, 6) is 0.568. The SMILES string of the molecule is CC1(C)OB(c2ccc3c(c2)SC(c2ccccc2)C(c2ccc4c(c2)NC(=O)CO4)=C3)OC1(C)C. The van der Waals surface area contributed by atoms with Gasteiger partial charge in [0, 0.05) is 4.90 Å². The zero-order valence-corrected chi connectivity index (χ0v) is 21.6. The van der Waals surface area contributed by atoms with Crippen LogP contribution < -0.4 is 15.5 Å². The van der Waals surface area contributed by atoms with Crippen molar-refractivity contribution in [1.82, 2.24) is 0 Å². The normalized spacial score (nSPS) is 21.7. The van der Waals surface area contributed by atoms with Gasteiger partial charge in [0.15, 0.2) is 6.61 Å². The first-order chi connectivity index (χ1) is 17.2. The second-order valence-electron chi connectivity index (χ2n) is 10.4. The Morgan fingerprint density at radius 2 is 1.69 bits per heavy atom. The van der Waals surface area contributed by atoms with Gasteiger partial charge >= 0.3 is 7.12 Å². The number of rotatable bonds is 3. The van der Waals surface area contributed by atoms with Crippen LogP contribution in [0.15, 0.2) is 71.6 Å². The Kier molecular flexibility index (Phi) is 5.56. The molecule has 36 heavy (non-hydrogen) atoms. The third-order valence-corrected chi connectivity index (χ3v) is 8.82. The molecule has 7 heteroatoms. The molecule has 1 unspecified atom stereocenters. The van der Waals surface area contributed by atoms with Crippen LogP contribution in [0.4, 0.5) is 5.69 Å². The van der Waals surface area contributed by atoms with Crippen LogP contribution >= 0.6 is 11.8 Å². The molecule has 3 aliphatic heterocycles. The van der Waals surface area contributed by atoms with Gasteiger partial charge in [-0.15, -0.1) is 11.8 Å². The molecule has 0 saturated carbocycles. The number of carbonyl (C=O) groups is 1. The molecule has 0 spiro atoms. The summed E-state index contributed by atoms with van der Waals surface area (Å²) in [6, 6.07) is 23.0. The van der Waals surface area contributed by atoms with Crippen LogP contribution in [-0.4, -0.2) is 30.8 Å². The van der Waals surface area contributed by atoms with E-state index < -0.39 is 7.12 Å². The van der Waals surface area contributed by atoms with Crippen LogP contribution in [0.25, 0.3) is 11.6 Å². The van der Waals surface area contributed by atoms with Gasteiger partial charge in [0.2, 0.25) is 0 Å². The van der Waals surface area contributed by atoms with E-state index in [1.54, 1.807) is 0 Å². The Morgan fingerprint density at radius 1 is 0.944 bits per heavy atom. The average molecular weight is 497 g/mol. The Morgan fingerprint density at radius 3 is 2.44 bits per heavy atom. The molecule has 1 atom stereocenters. The van der Waals surface area contributed by atoms with Crippen molar-refractivity contribution in [3.8, 4) is 5.75 Å². The Labute approximate surface area is 216 Å². The summed E-state index contributed by atoms with van der Waals surface area (Å²) in [6.07, 6.45) is 2.25. The predicted molar refractivity (Wildman–Crippen MR) is 146 cm³/mol. The van der Waals surface area contributed by atoms with Crippen molar-refractivity contribution in [2.75, 3.05) is 11.9 Å². The Bertz CT molecular complexity index is 1370. The van der Waals surface area contributed by atoms with E-state index in [4.69, 9.17) is 14.0 Å². The number of hydrogen-bond donors (Lipinski definition) is 1. The average Bonchev–Trinajstić information content (AvgIpc) is 3.09. The topological polar surface area (TPSA) is 56.8 Å². The monoisotopic (exact) mass is 497 g/mol. The molecule has 1 fully saturated rings. The minimum Gasteiger partial charge on any atom is -0.482 e. The number of hydrogen-bond acceptors (Lipinski definition) is 5. The van der Waals surface area contributed by atoms with E-state index >= 15 is 0 Å². The van der Waals surface area contributed by atoms with E-state index in [1.807, 2.05) is 30.0 Å². The molecule has 6 rings (SSSR count). The van der Waals surface area contributed by atoms with Crippen LogP contribution in [0.3, 0.4) is 0 Å². The number of nitrogens with one attached hydrogen (secondary N) is 1. The molecule has 1 amide bonds. The highest BCUT2D eigenvalue weighted by molar-refractivity contribution is 8.00. The van der Waals surface area contributed by atoms with E-state index in [0.717, 1.165) is 16.6 Å². The first-order valence-corrected chi connectivity index (χ1v) is 13.1. The molecule has 3 aromatic rings. The van der Waals surface area contributed by atoms with Gasteiger partial charge in [-0.05, 0) is 79.7 Å². The fourth-order valence-electron chi connectivity index (χ4n) is 4.70. The zero-order valence-electron chi connectivity index (χ0n) is 20.8. The maximum absolute atomic E-state index is 11.9. The standard InChI is InChI=1S/C29H28BNO4S/c1-28(2)29(3,4)35-30(34-28)21-12-10-20-14-22(19-11-13-24-23(15-19)31-26(32)17-33-24)27(36-25(20)16-21)18-8-6-5-7-9-18/h5-16,27H,17H2,1-4H3,(H,31,32). The number of ether oxygens (including phenoxy) is 1. The lowest BCUT2D eigenvalue weighted by molar-refractivity contribution is -0.118. The number of amides is 1. The number of benzene rings is 3. The minimum atomic E-state index is -0.397. The lowest BCUT2D eigenvalue weighted by Crippen LogP contribution is -2.41. The molecule has 3 aliphatic rings. The number of carbonyl (C=O) groups excluding carboxylic acids is 1. The first-order valence-electron chi connectivity index (χ1n) is 12.2.